The molecule has 1 amide bonds. The van der Waals surface area contributed by atoms with Gasteiger partial charge in [0.15, 0.2) is 5.58 Å². The first-order valence-corrected chi connectivity index (χ1v) is 7.14. The van der Waals surface area contributed by atoms with Crippen LogP contribution in [0.3, 0.4) is 0 Å². The van der Waals surface area contributed by atoms with Crippen molar-refractivity contribution in [3.63, 3.8) is 0 Å². The SMILES string of the molecule is Cc1cc(C)c2onc(CC(=O)NCc3cccnc3)c2c1. The Kier molecular flexibility index (Phi) is 3.87. The second-order valence-corrected chi connectivity index (χ2v) is 5.40. The van der Waals surface area contributed by atoms with Gasteiger partial charge in [-0.3, -0.25) is 9.78 Å². The van der Waals surface area contributed by atoms with E-state index < -0.39 is 0 Å². The highest BCUT2D eigenvalue weighted by atomic mass is 16.5. The molecule has 2 heterocycles. The normalized spacial score (nSPS) is 10.8. The molecule has 0 atom stereocenters. The van der Waals surface area contributed by atoms with E-state index in [0.717, 1.165) is 27.7 Å². The van der Waals surface area contributed by atoms with Gasteiger partial charge in [-0.25, -0.2) is 0 Å². The summed E-state index contributed by atoms with van der Waals surface area (Å²) in [6.45, 7) is 4.46. The zero-order chi connectivity index (χ0) is 15.5. The van der Waals surface area contributed by atoms with E-state index in [4.69, 9.17) is 4.52 Å². The molecule has 0 bridgehead atoms. The third-order valence-corrected chi connectivity index (χ3v) is 3.52. The van der Waals surface area contributed by atoms with Crippen LogP contribution in [-0.2, 0) is 17.8 Å². The first-order chi connectivity index (χ1) is 10.6. The molecule has 0 fully saturated rings. The summed E-state index contributed by atoms with van der Waals surface area (Å²) < 4.78 is 5.36. The van der Waals surface area contributed by atoms with Crippen molar-refractivity contribution >= 4 is 16.9 Å². The average Bonchev–Trinajstić information content (AvgIpc) is 2.89. The van der Waals surface area contributed by atoms with Crippen molar-refractivity contribution in [3.8, 4) is 0 Å². The van der Waals surface area contributed by atoms with Crippen molar-refractivity contribution in [3.05, 3.63) is 59.0 Å². The first kappa shape index (κ1) is 14.3. The van der Waals surface area contributed by atoms with Gasteiger partial charge in [-0.1, -0.05) is 17.3 Å². The lowest BCUT2D eigenvalue weighted by molar-refractivity contribution is -0.120. The summed E-state index contributed by atoms with van der Waals surface area (Å²) in [5.41, 5.74) is 4.55. The first-order valence-electron chi connectivity index (χ1n) is 7.14. The Hall–Kier alpha value is -2.69. The van der Waals surface area contributed by atoms with E-state index in [0.29, 0.717) is 12.2 Å². The molecule has 0 saturated heterocycles. The van der Waals surface area contributed by atoms with E-state index in [1.807, 2.05) is 38.1 Å². The van der Waals surface area contributed by atoms with Crippen LogP contribution in [0.1, 0.15) is 22.4 Å². The van der Waals surface area contributed by atoms with Gasteiger partial charge in [0.2, 0.25) is 5.91 Å². The highest BCUT2D eigenvalue weighted by Crippen LogP contribution is 2.24. The maximum atomic E-state index is 12.1. The van der Waals surface area contributed by atoms with E-state index in [2.05, 4.69) is 15.5 Å². The van der Waals surface area contributed by atoms with Crippen molar-refractivity contribution in [1.29, 1.82) is 0 Å². The van der Waals surface area contributed by atoms with Gasteiger partial charge < -0.3 is 9.84 Å². The minimum atomic E-state index is -0.0850. The number of pyridine rings is 1. The molecule has 0 unspecified atom stereocenters. The van der Waals surface area contributed by atoms with Gasteiger partial charge in [-0.2, -0.15) is 0 Å². The van der Waals surface area contributed by atoms with Crippen molar-refractivity contribution in [2.45, 2.75) is 26.8 Å². The largest absolute Gasteiger partial charge is 0.356 e. The van der Waals surface area contributed by atoms with Crippen molar-refractivity contribution in [2.75, 3.05) is 0 Å². The third kappa shape index (κ3) is 2.98. The van der Waals surface area contributed by atoms with E-state index in [1.54, 1.807) is 12.4 Å². The zero-order valence-corrected chi connectivity index (χ0v) is 12.6. The van der Waals surface area contributed by atoms with Gasteiger partial charge in [0.1, 0.15) is 5.69 Å². The Labute approximate surface area is 128 Å². The number of carbonyl (C=O) groups is 1. The van der Waals surface area contributed by atoms with Crippen LogP contribution in [0.15, 0.2) is 41.2 Å². The summed E-state index contributed by atoms with van der Waals surface area (Å²) in [6, 6.07) is 7.81. The second kappa shape index (κ2) is 5.97. The van der Waals surface area contributed by atoms with Crippen molar-refractivity contribution < 1.29 is 9.32 Å². The Balaban J connectivity index is 1.72. The molecule has 1 aromatic carbocycles. The van der Waals surface area contributed by atoms with Gasteiger partial charge in [0.05, 0.1) is 6.42 Å². The molecular weight excluding hydrogens is 278 g/mol. The molecule has 1 N–H and O–H groups in total. The number of amides is 1. The number of hydrogen-bond acceptors (Lipinski definition) is 4. The van der Waals surface area contributed by atoms with Crippen LogP contribution in [0.5, 0.6) is 0 Å². The number of benzene rings is 1. The minimum absolute atomic E-state index is 0.0850. The minimum Gasteiger partial charge on any atom is -0.356 e. The smallest absolute Gasteiger partial charge is 0.226 e. The summed E-state index contributed by atoms with van der Waals surface area (Å²) in [6.07, 6.45) is 3.65. The molecule has 0 aliphatic heterocycles. The van der Waals surface area contributed by atoms with Crippen LogP contribution in [0.4, 0.5) is 0 Å². The van der Waals surface area contributed by atoms with Crippen LogP contribution >= 0.6 is 0 Å². The van der Waals surface area contributed by atoms with Crippen LogP contribution in [-0.4, -0.2) is 16.0 Å². The number of hydrogen-bond donors (Lipinski definition) is 1. The predicted octanol–water partition coefficient (Wildman–Crippen LogP) is 2.70. The van der Waals surface area contributed by atoms with E-state index >= 15 is 0 Å². The Morgan fingerprint density at radius 3 is 2.95 bits per heavy atom. The molecule has 3 rings (SSSR count). The number of carbonyl (C=O) groups excluding carboxylic acids is 1. The number of nitrogens with zero attached hydrogens (tertiary/aromatic N) is 2. The number of aryl methyl sites for hydroxylation is 2. The monoisotopic (exact) mass is 295 g/mol. The fourth-order valence-corrected chi connectivity index (χ4v) is 2.49. The fraction of sp³-hybridized carbons (Fsp3) is 0.235. The van der Waals surface area contributed by atoms with Crippen LogP contribution < -0.4 is 5.32 Å². The van der Waals surface area contributed by atoms with Crippen LogP contribution in [0, 0.1) is 13.8 Å². The second-order valence-electron chi connectivity index (χ2n) is 5.40. The molecule has 0 aliphatic carbocycles. The lowest BCUT2D eigenvalue weighted by Gasteiger charge is -2.04. The Bertz CT molecular complexity index is 809. The maximum Gasteiger partial charge on any atom is 0.226 e. The van der Waals surface area contributed by atoms with E-state index in [9.17, 15) is 4.79 Å². The Morgan fingerprint density at radius 1 is 1.32 bits per heavy atom. The molecule has 0 radical (unpaired) electrons. The molecule has 0 saturated carbocycles. The van der Waals surface area contributed by atoms with Crippen molar-refractivity contribution in [2.24, 2.45) is 0 Å². The standard InChI is InChI=1S/C17H17N3O2/c1-11-6-12(2)17-14(7-11)15(20-22-17)8-16(21)19-10-13-4-3-5-18-9-13/h3-7,9H,8,10H2,1-2H3,(H,19,21). The number of nitrogens with one attached hydrogen (secondary N) is 1. The number of fused-ring (bicyclic) bond motifs is 1. The molecule has 5 heteroatoms. The summed E-state index contributed by atoms with van der Waals surface area (Å²) in [7, 11) is 0. The van der Waals surface area contributed by atoms with Gasteiger partial charge in [-0.05, 0) is 42.7 Å². The molecular formula is C17H17N3O2. The lowest BCUT2D eigenvalue weighted by Crippen LogP contribution is -2.24. The molecule has 112 valence electrons. The number of aromatic nitrogens is 2. The summed E-state index contributed by atoms with van der Waals surface area (Å²) in [5, 5.41) is 7.83. The average molecular weight is 295 g/mol. The molecule has 5 nitrogen and oxygen atoms in total. The summed E-state index contributed by atoms with van der Waals surface area (Å²) in [4.78, 5) is 16.1. The Morgan fingerprint density at radius 2 is 2.18 bits per heavy atom. The van der Waals surface area contributed by atoms with Gasteiger partial charge >= 0.3 is 0 Å². The molecule has 0 aliphatic rings. The van der Waals surface area contributed by atoms with Gasteiger partial charge in [-0.15, -0.1) is 0 Å². The maximum absolute atomic E-state index is 12.1. The molecule has 22 heavy (non-hydrogen) atoms. The third-order valence-electron chi connectivity index (χ3n) is 3.52. The molecule has 0 spiro atoms. The topological polar surface area (TPSA) is 68.0 Å². The quantitative estimate of drug-likeness (QED) is 0.803. The van der Waals surface area contributed by atoms with E-state index in [1.165, 1.54) is 0 Å². The lowest BCUT2D eigenvalue weighted by atomic mass is 10.1. The van der Waals surface area contributed by atoms with E-state index in [-0.39, 0.29) is 12.3 Å². The highest BCUT2D eigenvalue weighted by Gasteiger charge is 2.14. The van der Waals surface area contributed by atoms with Crippen molar-refractivity contribution in [1.82, 2.24) is 15.5 Å². The molecule has 2 aromatic heterocycles. The van der Waals surface area contributed by atoms with Crippen LogP contribution in [0.25, 0.3) is 11.0 Å². The highest BCUT2D eigenvalue weighted by molar-refractivity contribution is 5.88. The summed E-state index contributed by atoms with van der Waals surface area (Å²) >= 11 is 0. The fourth-order valence-electron chi connectivity index (χ4n) is 2.49. The predicted molar refractivity (Wildman–Crippen MR) is 83.3 cm³/mol. The summed E-state index contributed by atoms with van der Waals surface area (Å²) in [5.74, 6) is -0.0850. The molecule has 3 aromatic rings. The van der Waals surface area contributed by atoms with Crippen LogP contribution in [0.2, 0.25) is 0 Å². The van der Waals surface area contributed by atoms with Gasteiger partial charge in [0.25, 0.3) is 0 Å². The zero-order valence-electron chi connectivity index (χ0n) is 12.6. The number of rotatable bonds is 4. The van der Waals surface area contributed by atoms with Gasteiger partial charge in [0, 0.05) is 24.3 Å².